The summed E-state index contributed by atoms with van der Waals surface area (Å²) in [5.74, 6) is -0.598. The number of esters is 1. The number of ether oxygens (including phenoxy) is 2. The van der Waals surface area contributed by atoms with Crippen LogP contribution in [0.1, 0.15) is 35.0 Å². The minimum atomic E-state index is -0.408. The Labute approximate surface area is 115 Å². The molecule has 5 nitrogen and oxygen atoms in total. The van der Waals surface area contributed by atoms with E-state index in [1.54, 1.807) is 13.0 Å². The summed E-state index contributed by atoms with van der Waals surface area (Å²) in [6.45, 7) is 4.57. The van der Waals surface area contributed by atoms with Crippen LogP contribution in [-0.4, -0.2) is 31.2 Å². The second-order valence-corrected chi connectivity index (χ2v) is 5.57. The summed E-state index contributed by atoms with van der Waals surface area (Å²) in [4.78, 5) is 24.7. The molecule has 19 heavy (non-hydrogen) atoms. The smallest absolute Gasteiger partial charge is 0.341 e. The van der Waals surface area contributed by atoms with Gasteiger partial charge in [-0.2, -0.15) is 0 Å². The van der Waals surface area contributed by atoms with E-state index >= 15 is 0 Å². The van der Waals surface area contributed by atoms with Crippen molar-refractivity contribution in [2.45, 2.75) is 32.8 Å². The summed E-state index contributed by atoms with van der Waals surface area (Å²) in [5, 5.41) is 3.30. The van der Waals surface area contributed by atoms with Crippen molar-refractivity contribution in [1.82, 2.24) is 0 Å². The predicted octanol–water partition coefficient (Wildman–Crippen LogP) is 2.35. The zero-order valence-corrected chi connectivity index (χ0v) is 11.8. The highest BCUT2D eigenvalue weighted by atomic mass is 32.1. The average Bonchev–Trinajstić information content (AvgIpc) is 2.98. The van der Waals surface area contributed by atoms with Gasteiger partial charge in [-0.25, -0.2) is 4.79 Å². The molecule has 1 saturated heterocycles. The van der Waals surface area contributed by atoms with Crippen molar-refractivity contribution >= 4 is 28.2 Å². The van der Waals surface area contributed by atoms with Crippen LogP contribution in [0, 0.1) is 6.92 Å². The molecule has 0 spiro atoms. The lowest BCUT2D eigenvalue weighted by molar-refractivity contribution is -0.124. The van der Waals surface area contributed by atoms with Gasteiger partial charge in [-0.1, -0.05) is 0 Å². The number of thiophene rings is 1. The monoisotopic (exact) mass is 283 g/mol. The third-order valence-electron chi connectivity index (χ3n) is 2.81. The number of hydrogen-bond acceptors (Lipinski definition) is 5. The number of hydrogen-bond donors (Lipinski definition) is 1. The largest absolute Gasteiger partial charge is 0.462 e. The zero-order valence-electron chi connectivity index (χ0n) is 11.0. The first-order chi connectivity index (χ1) is 9.11. The Morgan fingerprint density at radius 1 is 1.58 bits per heavy atom. The van der Waals surface area contributed by atoms with Gasteiger partial charge in [-0.05, 0) is 32.8 Å². The standard InChI is InChI=1S/C13H17NO4S/c1-3-17-13(16)9-7-8(2)19-12(9)14-11(15)10-5-4-6-18-10/h7,10H,3-6H2,1-2H3,(H,14,15)/t10-/m0/s1. The van der Waals surface area contributed by atoms with Gasteiger partial charge in [-0.15, -0.1) is 11.3 Å². The predicted molar refractivity (Wildman–Crippen MR) is 72.6 cm³/mol. The van der Waals surface area contributed by atoms with E-state index in [-0.39, 0.29) is 5.91 Å². The minimum absolute atomic E-state index is 0.190. The first-order valence-corrected chi connectivity index (χ1v) is 7.13. The Balaban J connectivity index is 2.10. The zero-order chi connectivity index (χ0) is 13.8. The van der Waals surface area contributed by atoms with Crippen LogP contribution in [0.4, 0.5) is 5.00 Å². The highest BCUT2D eigenvalue weighted by molar-refractivity contribution is 7.16. The lowest BCUT2D eigenvalue weighted by Gasteiger charge is -2.10. The van der Waals surface area contributed by atoms with E-state index in [4.69, 9.17) is 9.47 Å². The van der Waals surface area contributed by atoms with Crippen molar-refractivity contribution < 1.29 is 19.1 Å². The van der Waals surface area contributed by atoms with E-state index in [1.807, 2.05) is 6.92 Å². The van der Waals surface area contributed by atoms with Crippen molar-refractivity contribution in [3.63, 3.8) is 0 Å². The lowest BCUT2D eigenvalue weighted by atomic mass is 10.2. The number of carbonyl (C=O) groups is 2. The summed E-state index contributed by atoms with van der Waals surface area (Å²) in [6.07, 6.45) is 1.22. The average molecular weight is 283 g/mol. The Hall–Kier alpha value is -1.40. The number of rotatable bonds is 4. The quantitative estimate of drug-likeness (QED) is 0.861. The fourth-order valence-electron chi connectivity index (χ4n) is 1.94. The van der Waals surface area contributed by atoms with Crippen LogP contribution in [0.25, 0.3) is 0 Å². The number of amides is 1. The van der Waals surface area contributed by atoms with Gasteiger partial charge in [0.1, 0.15) is 11.1 Å². The Morgan fingerprint density at radius 2 is 2.37 bits per heavy atom. The van der Waals surface area contributed by atoms with Gasteiger partial charge in [0, 0.05) is 11.5 Å². The Morgan fingerprint density at radius 3 is 3.00 bits per heavy atom. The normalized spacial score (nSPS) is 18.3. The molecule has 0 bridgehead atoms. The molecule has 1 atom stereocenters. The summed E-state index contributed by atoms with van der Waals surface area (Å²) in [5.41, 5.74) is 0.413. The molecule has 104 valence electrons. The molecule has 1 aliphatic heterocycles. The van der Waals surface area contributed by atoms with Crippen LogP contribution in [0.5, 0.6) is 0 Å². The molecule has 6 heteroatoms. The van der Waals surface area contributed by atoms with Gasteiger partial charge >= 0.3 is 5.97 Å². The van der Waals surface area contributed by atoms with Crippen LogP contribution in [-0.2, 0) is 14.3 Å². The molecule has 1 fully saturated rings. The molecule has 1 aromatic heterocycles. The molecule has 0 unspecified atom stereocenters. The molecule has 0 aromatic carbocycles. The summed E-state index contributed by atoms with van der Waals surface area (Å²) in [7, 11) is 0. The molecule has 1 amide bonds. The van der Waals surface area contributed by atoms with Gasteiger partial charge in [0.05, 0.1) is 12.2 Å². The van der Waals surface area contributed by atoms with Crippen LogP contribution in [0.15, 0.2) is 6.07 Å². The van der Waals surface area contributed by atoms with E-state index in [9.17, 15) is 9.59 Å². The summed E-state index contributed by atoms with van der Waals surface area (Å²) in [6, 6.07) is 1.73. The number of nitrogens with one attached hydrogen (secondary N) is 1. The van der Waals surface area contributed by atoms with Crippen molar-refractivity contribution in [2.24, 2.45) is 0 Å². The van der Waals surface area contributed by atoms with Crippen molar-refractivity contribution in [2.75, 3.05) is 18.5 Å². The fourth-order valence-corrected chi connectivity index (χ4v) is 2.85. The van der Waals surface area contributed by atoms with Gasteiger partial charge in [0.2, 0.25) is 0 Å². The van der Waals surface area contributed by atoms with E-state index in [2.05, 4.69) is 5.32 Å². The maximum atomic E-state index is 12.0. The van der Waals surface area contributed by atoms with Crippen molar-refractivity contribution in [3.05, 3.63) is 16.5 Å². The lowest BCUT2D eigenvalue weighted by Crippen LogP contribution is -2.27. The maximum absolute atomic E-state index is 12.0. The third-order valence-corrected chi connectivity index (χ3v) is 3.78. The van der Waals surface area contributed by atoms with Gasteiger partial charge < -0.3 is 14.8 Å². The molecule has 1 aliphatic rings. The van der Waals surface area contributed by atoms with Crippen LogP contribution in [0.3, 0.4) is 0 Å². The molecule has 0 aliphatic carbocycles. The Bertz CT molecular complexity index is 477. The second-order valence-electron chi connectivity index (χ2n) is 4.31. The number of carbonyl (C=O) groups excluding carboxylic acids is 2. The fraction of sp³-hybridized carbons (Fsp3) is 0.538. The SMILES string of the molecule is CCOC(=O)c1cc(C)sc1NC(=O)[C@@H]1CCCO1. The molecule has 0 saturated carbocycles. The molecule has 2 heterocycles. The topological polar surface area (TPSA) is 64.6 Å². The highest BCUT2D eigenvalue weighted by Gasteiger charge is 2.26. The molecule has 1 aromatic rings. The van der Waals surface area contributed by atoms with E-state index in [0.717, 1.165) is 17.7 Å². The van der Waals surface area contributed by atoms with Crippen molar-refractivity contribution in [1.29, 1.82) is 0 Å². The van der Waals surface area contributed by atoms with Gasteiger partial charge in [0.25, 0.3) is 5.91 Å². The molecular formula is C13H17NO4S. The van der Waals surface area contributed by atoms with Crippen LogP contribution in [0.2, 0.25) is 0 Å². The second kappa shape index (κ2) is 6.16. The minimum Gasteiger partial charge on any atom is -0.462 e. The van der Waals surface area contributed by atoms with E-state index < -0.39 is 12.1 Å². The summed E-state index contributed by atoms with van der Waals surface area (Å²) < 4.78 is 10.3. The third kappa shape index (κ3) is 3.33. The number of aryl methyl sites for hydroxylation is 1. The maximum Gasteiger partial charge on any atom is 0.341 e. The summed E-state index contributed by atoms with van der Waals surface area (Å²) >= 11 is 1.37. The van der Waals surface area contributed by atoms with E-state index in [0.29, 0.717) is 23.8 Å². The number of anilines is 1. The first-order valence-electron chi connectivity index (χ1n) is 6.32. The molecule has 1 N–H and O–H groups in total. The van der Waals surface area contributed by atoms with Crippen LogP contribution < -0.4 is 5.32 Å². The highest BCUT2D eigenvalue weighted by Crippen LogP contribution is 2.29. The van der Waals surface area contributed by atoms with Crippen LogP contribution >= 0.6 is 11.3 Å². The molecular weight excluding hydrogens is 266 g/mol. The van der Waals surface area contributed by atoms with Crippen molar-refractivity contribution in [3.8, 4) is 0 Å². The molecule has 2 rings (SSSR count). The van der Waals surface area contributed by atoms with Gasteiger partial charge in [-0.3, -0.25) is 4.79 Å². The molecule has 0 radical (unpaired) electrons. The van der Waals surface area contributed by atoms with Gasteiger partial charge in [0.15, 0.2) is 0 Å². The first kappa shape index (κ1) is 14.0. The van der Waals surface area contributed by atoms with E-state index in [1.165, 1.54) is 11.3 Å². The Kier molecular flexibility index (Phi) is 4.55.